The highest BCUT2D eigenvalue weighted by molar-refractivity contribution is 6.06. The van der Waals surface area contributed by atoms with Crippen molar-refractivity contribution < 1.29 is 4.79 Å². The molecule has 1 amide bonds. The Bertz CT molecular complexity index is 602. The monoisotopic (exact) mass is 252 g/mol. The predicted molar refractivity (Wildman–Crippen MR) is 77.5 cm³/mol. The van der Waals surface area contributed by atoms with Crippen LogP contribution >= 0.6 is 0 Å². The van der Waals surface area contributed by atoms with Crippen molar-refractivity contribution in [2.75, 3.05) is 4.90 Å². The molecule has 0 aliphatic heterocycles. The first-order chi connectivity index (χ1) is 9.13. The van der Waals surface area contributed by atoms with Crippen LogP contribution in [0.4, 0.5) is 11.5 Å². The lowest BCUT2D eigenvalue weighted by Crippen LogP contribution is -2.25. The van der Waals surface area contributed by atoms with Gasteiger partial charge in [0.15, 0.2) is 0 Å². The average molecular weight is 252 g/mol. The van der Waals surface area contributed by atoms with Crippen LogP contribution < -0.4 is 4.90 Å². The summed E-state index contributed by atoms with van der Waals surface area (Å²) >= 11 is 0. The van der Waals surface area contributed by atoms with Crippen LogP contribution in [0.25, 0.3) is 0 Å². The van der Waals surface area contributed by atoms with Gasteiger partial charge in [0.2, 0.25) is 0 Å². The van der Waals surface area contributed by atoms with Gasteiger partial charge in [-0.1, -0.05) is 30.8 Å². The van der Waals surface area contributed by atoms with Crippen LogP contribution in [0.15, 0.2) is 55.3 Å². The summed E-state index contributed by atoms with van der Waals surface area (Å²) in [6, 6.07) is 11.5. The Hall–Kier alpha value is -2.42. The molecule has 19 heavy (non-hydrogen) atoms. The van der Waals surface area contributed by atoms with Gasteiger partial charge in [-0.2, -0.15) is 0 Å². The number of carbonyl (C=O) groups excluding carboxylic acids is 1. The molecular weight excluding hydrogens is 236 g/mol. The van der Waals surface area contributed by atoms with Crippen molar-refractivity contribution in [2.45, 2.75) is 13.8 Å². The van der Waals surface area contributed by atoms with Gasteiger partial charge in [0, 0.05) is 6.20 Å². The van der Waals surface area contributed by atoms with E-state index in [2.05, 4.69) is 11.6 Å². The van der Waals surface area contributed by atoms with Crippen molar-refractivity contribution in [3.63, 3.8) is 0 Å². The van der Waals surface area contributed by atoms with E-state index in [0.717, 1.165) is 16.8 Å². The van der Waals surface area contributed by atoms with E-state index in [9.17, 15) is 4.79 Å². The lowest BCUT2D eigenvalue weighted by Gasteiger charge is -2.22. The lowest BCUT2D eigenvalue weighted by molar-refractivity contribution is -0.113. The summed E-state index contributed by atoms with van der Waals surface area (Å²) in [7, 11) is 0. The third-order valence-electron chi connectivity index (χ3n) is 2.88. The number of rotatable bonds is 3. The molecule has 0 saturated carbocycles. The van der Waals surface area contributed by atoms with Gasteiger partial charge in [-0.3, -0.25) is 9.69 Å². The maximum atomic E-state index is 12.1. The zero-order valence-electron chi connectivity index (χ0n) is 11.1. The Kier molecular flexibility index (Phi) is 3.76. The molecule has 3 heteroatoms. The normalized spacial score (nSPS) is 10.0. The van der Waals surface area contributed by atoms with E-state index < -0.39 is 0 Å². The Balaban J connectivity index is 2.54. The molecule has 0 fully saturated rings. The van der Waals surface area contributed by atoms with E-state index in [-0.39, 0.29) is 5.91 Å². The number of aromatic nitrogens is 1. The minimum atomic E-state index is -0.189. The van der Waals surface area contributed by atoms with Gasteiger partial charge in [-0.15, -0.1) is 0 Å². The van der Waals surface area contributed by atoms with Crippen LogP contribution in [0.5, 0.6) is 0 Å². The summed E-state index contributed by atoms with van der Waals surface area (Å²) in [4.78, 5) is 18.0. The highest BCUT2D eigenvalue weighted by Gasteiger charge is 2.17. The van der Waals surface area contributed by atoms with Crippen LogP contribution in [0.1, 0.15) is 11.1 Å². The molecule has 1 aromatic carbocycles. The van der Waals surface area contributed by atoms with E-state index >= 15 is 0 Å². The Morgan fingerprint density at radius 3 is 2.53 bits per heavy atom. The third kappa shape index (κ3) is 2.71. The Morgan fingerprint density at radius 2 is 1.95 bits per heavy atom. The van der Waals surface area contributed by atoms with Gasteiger partial charge in [0.05, 0.1) is 5.69 Å². The molecule has 0 aliphatic carbocycles. The molecule has 2 aromatic rings. The number of nitrogens with zero attached hydrogens (tertiary/aromatic N) is 2. The van der Waals surface area contributed by atoms with E-state index in [4.69, 9.17) is 0 Å². The van der Waals surface area contributed by atoms with Gasteiger partial charge < -0.3 is 0 Å². The van der Waals surface area contributed by atoms with Crippen LogP contribution in [0.3, 0.4) is 0 Å². The van der Waals surface area contributed by atoms with E-state index in [0.29, 0.717) is 5.82 Å². The second-order valence-electron chi connectivity index (χ2n) is 4.36. The summed E-state index contributed by atoms with van der Waals surface area (Å²) in [5.74, 6) is 0.412. The molecule has 3 nitrogen and oxygen atoms in total. The van der Waals surface area contributed by atoms with Crippen molar-refractivity contribution >= 4 is 17.4 Å². The Morgan fingerprint density at radius 1 is 1.21 bits per heavy atom. The standard InChI is InChI=1S/C16H16N2O/c1-4-16(19)18(14-8-6-5-7-13(14)3)15-10-9-12(2)11-17-15/h4-11H,1H2,2-3H3. The molecule has 1 aromatic heterocycles. The van der Waals surface area contributed by atoms with Crippen molar-refractivity contribution in [2.24, 2.45) is 0 Å². The van der Waals surface area contributed by atoms with Crippen molar-refractivity contribution in [3.8, 4) is 0 Å². The molecule has 0 saturated heterocycles. The number of benzene rings is 1. The summed E-state index contributed by atoms with van der Waals surface area (Å²) in [6.07, 6.45) is 3.05. The molecule has 96 valence electrons. The second-order valence-corrected chi connectivity index (χ2v) is 4.36. The van der Waals surface area contributed by atoms with Crippen LogP contribution in [-0.4, -0.2) is 10.9 Å². The van der Waals surface area contributed by atoms with Crippen LogP contribution in [0, 0.1) is 13.8 Å². The number of carbonyl (C=O) groups is 1. The molecule has 0 aliphatic rings. The van der Waals surface area contributed by atoms with Gasteiger partial charge in [-0.05, 0) is 43.2 Å². The molecule has 1 heterocycles. The third-order valence-corrected chi connectivity index (χ3v) is 2.88. The van der Waals surface area contributed by atoms with Crippen LogP contribution in [0.2, 0.25) is 0 Å². The number of pyridine rings is 1. The fraction of sp³-hybridized carbons (Fsp3) is 0.125. The van der Waals surface area contributed by atoms with Gasteiger partial charge >= 0.3 is 0 Å². The second kappa shape index (κ2) is 5.48. The molecule has 0 radical (unpaired) electrons. The predicted octanol–water partition coefficient (Wildman–Crippen LogP) is 3.55. The van der Waals surface area contributed by atoms with Crippen LogP contribution in [-0.2, 0) is 4.79 Å². The summed E-state index contributed by atoms with van der Waals surface area (Å²) < 4.78 is 0. The van der Waals surface area contributed by atoms with Gasteiger partial charge in [-0.25, -0.2) is 4.98 Å². The number of amides is 1. The van der Waals surface area contributed by atoms with Gasteiger partial charge in [0.25, 0.3) is 5.91 Å². The smallest absolute Gasteiger partial charge is 0.256 e. The number of anilines is 2. The minimum Gasteiger partial charge on any atom is -0.269 e. The molecule has 0 unspecified atom stereocenters. The quantitative estimate of drug-likeness (QED) is 0.783. The zero-order chi connectivity index (χ0) is 13.8. The fourth-order valence-electron chi connectivity index (χ4n) is 1.85. The topological polar surface area (TPSA) is 33.2 Å². The number of hydrogen-bond acceptors (Lipinski definition) is 2. The van der Waals surface area contributed by atoms with Crippen molar-refractivity contribution in [1.29, 1.82) is 0 Å². The zero-order valence-corrected chi connectivity index (χ0v) is 11.1. The van der Waals surface area contributed by atoms with E-state index in [1.54, 1.807) is 11.1 Å². The lowest BCUT2D eigenvalue weighted by atomic mass is 10.1. The highest BCUT2D eigenvalue weighted by atomic mass is 16.2. The largest absolute Gasteiger partial charge is 0.269 e. The molecule has 0 spiro atoms. The van der Waals surface area contributed by atoms with E-state index in [1.165, 1.54) is 6.08 Å². The molecule has 0 N–H and O–H groups in total. The minimum absolute atomic E-state index is 0.189. The fourth-order valence-corrected chi connectivity index (χ4v) is 1.85. The van der Waals surface area contributed by atoms with Crippen molar-refractivity contribution in [3.05, 3.63) is 66.4 Å². The van der Waals surface area contributed by atoms with Crippen molar-refractivity contribution in [1.82, 2.24) is 4.98 Å². The number of para-hydroxylation sites is 1. The van der Waals surface area contributed by atoms with E-state index in [1.807, 2.05) is 50.2 Å². The highest BCUT2D eigenvalue weighted by Crippen LogP contribution is 2.27. The maximum Gasteiger partial charge on any atom is 0.256 e. The maximum absolute atomic E-state index is 12.1. The first-order valence-electron chi connectivity index (χ1n) is 6.08. The molecule has 2 rings (SSSR count). The molecule has 0 atom stereocenters. The SMILES string of the molecule is C=CC(=O)N(c1ccc(C)cn1)c1ccccc1C. The first-order valence-corrected chi connectivity index (χ1v) is 6.08. The van der Waals surface area contributed by atoms with Gasteiger partial charge in [0.1, 0.15) is 5.82 Å². The molecular formula is C16H16N2O. The molecule has 0 bridgehead atoms. The summed E-state index contributed by atoms with van der Waals surface area (Å²) in [5, 5.41) is 0. The average Bonchev–Trinajstić information content (AvgIpc) is 2.43. The number of hydrogen-bond donors (Lipinski definition) is 0. The summed E-state index contributed by atoms with van der Waals surface area (Å²) in [5.41, 5.74) is 2.89. The Labute approximate surface area is 113 Å². The first kappa shape index (κ1) is 13.0. The summed E-state index contributed by atoms with van der Waals surface area (Å²) in [6.45, 7) is 7.49. The number of aryl methyl sites for hydroxylation is 2.